The Morgan fingerprint density at radius 2 is 1.03 bits per heavy atom. The summed E-state index contributed by atoms with van der Waals surface area (Å²) in [5.41, 5.74) is 4.02. The Labute approximate surface area is 183 Å². The predicted molar refractivity (Wildman–Crippen MR) is 133 cm³/mol. The van der Waals surface area contributed by atoms with Crippen molar-refractivity contribution in [3.63, 3.8) is 0 Å². The summed E-state index contributed by atoms with van der Waals surface area (Å²) in [4.78, 5) is 0. The molecule has 0 spiro atoms. The molecule has 0 amide bonds. The highest BCUT2D eigenvalue weighted by Gasteiger charge is 2.16. The molecule has 32 heavy (non-hydrogen) atoms. The van der Waals surface area contributed by atoms with E-state index in [2.05, 4.69) is 66.7 Å². The number of hydrogen-bond acceptors (Lipinski definition) is 2. The maximum Gasteiger partial charge on any atom is 0.136 e. The highest BCUT2D eigenvalue weighted by molar-refractivity contribution is 6.18. The van der Waals surface area contributed by atoms with Crippen LogP contribution in [0.3, 0.4) is 0 Å². The zero-order valence-corrected chi connectivity index (χ0v) is 17.2. The van der Waals surface area contributed by atoms with E-state index in [-0.39, 0.29) is 0 Å². The van der Waals surface area contributed by atoms with Gasteiger partial charge in [-0.1, -0.05) is 78.9 Å². The van der Waals surface area contributed by atoms with E-state index in [1.54, 1.807) is 0 Å². The van der Waals surface area contributed by atoms with Crippen molar-refractivity contribution in [1.82, 2.24) is 0 Å². The Bertz CT molecular complexity index is 1780. The number of aromatic hydroxyl groups is 1. The van der Waals surface area contributed by atoms with Gasteiger partial charge >= 0.3 is 0 Å². The zero-order chi connectivity index (χ0) is 21.2. The van der Waals surface area contributed by atoms with Crippen molar-refractivity contribution < 1.29 is 9.52 Å². The van der Waals surface area contributed by atoms with Crippen LogP contribution < -0.4 is 0 Å². The SMILES string of the molecule is Oc1c2ccccc2c(-c2ccc3oc4cc5ccccc5cc4c3c2)c2ccccc12. The second-order valence-corrected chi connectivity index (χ2v) is 8.32. The number of phenols is 1. The molecule has 1 aromatic heterocycles. The Kier molecular flexibility index (Phi) is 3.45. The Hall–Kier alpha value is -4.30. The van der Waals surface area contributed by atoms with Crippen molar-refractivity contribution in [2.24, 2.45) is 0 Å². The first-order chi connectivity index (χ1) is 15.8. The Balaban J connectivity index is 1.61. The molecule has 2 nitrogen and oxygen atoms in total. The highest BCUT2D eigenvalue weighted by atomic mass is 16.3. The van der Waals surface area contributed by atoms with E-state index >= 15 is 0 Å². The van der Waals surface area contributed by atoms with Gasteiger partial charge in [-0.2, -0.15) is 0 Å². The maximum atomic E-state index is 10.9. The van der Waals surface area contributed by atoms with E-state index in [1.165, 1.54) is 10.8 Å². The van der Waals surface area contributed by atoms with Gasteiger partial charge in [0.05, 0.1) is 0 Å². The van der Waals surface area contributed by atoms with E-state index in [4.69, 9.17) is 4.42 Å². The van der Waals surface area contributed by atoms with E-state index < -0.39 is 0 Å². The van der Waals surface area contributed by atoms with Crippen LogP contribution >= 0.6 is 0 Å². The average Bonchev–Trinajstić information content (AvgIpc) is 3.19. The summed E-state index contributed by atoms with van der Waals surface area (Å²) in [6, 6.07) is 35.2. The van der Waals surface area contributed by atoms with Gasteiger partial charge in [0.15, 0.2) is 0 Å². The molecule has 6 aromatic carbocycles. The molecule has 0 bridgehead atoms. The van der Waals surface area contributed by atoms with Crippen LogP contribution in [0.1, 0.15) is 0 Å². The lowest BCUT2D eigenvalue weighted by Gasteiger charge is -2.14. The summed E-state index contributed by atoms with van der Waals surface area (Å²) in [6.45, 7) is 0. The number of phenolic OH excluding ortho intramolecular Hbond substituents is 1. The predicted octanol–water partition coefficient (Wildman–Crippen LogP) is 8.42. The smallest absolute Gasteiger partial charge is 0.136 e. The minimum atomic E-state index is 0.334. The van der Waals surface area contributed by atoms with Crippen molar-refractivity contribution in [1.29, 1.82) is 0 Å². The number of furan rings is 1. The van der Waals surface area contributed by atoms with Crippen LogP contribution in [0.5, 0.6) is 5.75 Å². The van der Waals surface area contributed by atoms with Crippen molar-refractivity contribution in [3.8, 4) is 16.9 Å². The van der Waals surface area contributed by atoms with Gasteiger partial charge in [-0.3, -0.25) is 0 Å². The van der Waals surface area contributed by atoms with Crippen LogP contribution in [0.25, 0.3) is 65.4 Å². The summed E-state index contributed by atoms with van der Waals surface area (Å²) in [6.07, 6.45) is 0. The Morgan fingerprint density at radius 3 is 1.72 bits per heavy atom. The summed E-state index contributed by atoms with van der Waals surface area (Å²) in [5, 5.41) is 19.4. The second-order valence-electron chi connectivity index (χ2n) is 8.32. The minimum Gasteiger partial charge on any atom is -0.507 e. The van der Waals surface area contributed by atoms with Crippen molar-refractivity contribution >= 4 is 54.3 Å². The van der Waals surface area contributed by atoms with Crippen LogP contribution in [0, 0.1) is 0 Å². The maximum absolute atomic E-state index is 10.9. The fourth-order valence-corrected chi connectivity index (χ4v) is 5.03. The second kappa shape index (κ2) is 6.35. The third kappa shape index (κ3) is 2.35. The van der Waals surface area contributed by atoms with Gasteiger partial charge in [-0.15, -0.1) is 0 Å². The van der Waals surface area contributed by atoms with Crippen molar-refractivity contribution in [2.75, 3.05) is 0 Å². The molecule has 1 N–H and O–H groups in total. The quantitative estimate of drug-likeness (QED) is 0.276. The van der Waals surface area contributed by atoms with Gasteiger partial charge in [-0.05, 0) is 56.9 Å². The fraction of sp³-hybridized carbons (Fsp3) is 0. The monoisotopic (exact) mass is 410 g/mol. The van der Waals surface area contributed by atoms with Gasteiger partial charge in [0, 0.05) is 21.5 Å². The van der Waals surface area contributed by atoms with E-state index in [9.17, 15) is 5.11 Å². The molecule has 0 saturated heterocycles. The van der Waals surface area contributed by atoms with Crippen LogP contribution in [-0.4, -0.2) is 5.11 Å². The number of rotatable bonds is 1. The number of fused-ring (bicyclic) bond motifs is 6. The largest absolute Gasteiger partial charge is 0.507 e. The molecule has 0 atom stereocenters. The van der Waals surface area contributed by atoms with Crippen LogP contribution in [0.2, 0.25) is 0 Å². The normalized spacial score (nSPS) is 11.9. The molecule has 0 aliphatic rings. The molecule has 0 aliphatic heterocycles. The first-order valence-electron chi connectivity index (χ1n) is 10.8. The van der Waals surface area contributed by atoms with Crippen LogP contribution in [0.15, 0.2) is 108 Å². The topological polar surface area (TPSA) is 33.4 Å². The van der Waals surface area contributed by atoms with Crippen LogP contribution in [-0.2, 0) is 0 Å². The van der Waals surface area contributed by atoms with Gasteiger partial charge in [0.2, 0.25) is 0 Å². The first-order valence-corrected chi connectivity index (χ1v) is 10.8. The molecular formula is C30H18O2. The van der Waals surface area contributed by atoms with Crippen molar-refractivity contribution in [2.45, 2.75) is 0 Å². The van der Waals surface area contributed by atoms with Gasteiger partial charge in [-0.25, -0.2) is 0 Å². The molecule has 1 heterocycles. The van der Waals surface area contributed by atoms with Gasteiger partial charge < -0.3 is 9.52 Å². The third-order valence-corrected chi connectivity index (χ3v) is 6.53. The summed E-state index contributed by atoms with van der Waals surface area (Å²) in [5.74, 6) is 0.334. The molecular weight excluding hydrogens is 392 g/mol. The van der Waals surface area contributed by atoms with Crippen LogP contribution in [0.4, 0.5) is 0 Å². The molecule has 7 rings (SSSR count). The average molecular weight is 410 g/mol. The fourth-order valence-electron chi connectivity index (χ4n) is 5.03. The molecule has 2 heteroatoms. The van der Waals surface area contributed by atoms with E-state index in [0.717, 1.165) is 54.6 Å². The minimum absolute atomic E-state index is 0.334. The molecule has 0 unspecified atom stereocenters. The molecule has 0 fully saturated rings. The lowest BCUT2D eigenvalue weighted by atomic mass is 9.90. The summed E-state index contributed by atoms with van der Waals surface area (Å²) < 4.78 is 6.21. The lowest BCUT2D eigenvalue weighted by molar-refractivity contribution is 0.488. The first kappa shape index (κ1) is 17.4. The Morgan fingerprint density at radius 1 is 0.469 bits per heavy atom. The van der Waals surface area contributed by atoms with Gasteiger partial charge in [0.25, 0.3) is 0 Å². The number of hydrogen-bond donors (Lipinski definition) is 1. The molecule has 0 radical (unpaired) electrons. The summed E-state index contributed by atoms with van der Waals surface area (Å²) in [7, 11) is 0. The molecule has 0 aliphatic carbocycles. The standard InChI is InChI=1S/C30H18O2/c31-30-23-11-5-3-9-21(23)29(22-10-4-6-12-24(22)30)20-13-14-27-25(16-20)26-15-18-7-1-2-8-19(18)17-28(26)32-27/h1-17,31H. The lowest BCUT2D eigenvalue weighted by Crippen LogP contribution is -1.87. The molecule has 0 saturated carbocycles. The summed E-state index contributed by atoms with van der Waals surface area (Å²) >= 11 is 0. The zero-order valence-electron chi connectivity index (χ0n) is 17.2. The molecule has 150 valence electrons. The van der Waals surface area contributed by atoms with Gasteiger partial charge in [0.1, 0.15) is 16.9 Å². The molecule has 7 aromatic rings. The highest BCUT2D eigenvalue weighted by Crippen LogP contribution is 2.43. The van der Waals surface area contributed by atoms with E-state index in [1.807, 2.05) is 36.4 Å². The van der Waals surface area contributed by atoms with Crippen molar-refractivity contribution in [3.05, 3.63) is 103 Å². The van der Waals surface area contributed by atoms with E-state index in [0.29, 0.717) is 5.75 Å². The third-order valence-electron chi connectivity index (χ3n) is 6.53. The number of benzene rings is 6.